The van der Waals surface area contributed by atoms with Gasteiger partial charge in [0.1, 0.15) is 11.8 Å². The van der Waals surface area contributed by atoms with E-state index in [0.717, 1.165) is 30.2 Å². The second kappa shape index (κ2) is 13.5. The molecule has 1 aromatic heterocycles. The van der Waals surface area contributed by atoms with E-state index in [2.05, 4.69) is 12.2 Å². The van der Waals surface area contributed by atoms with Crippen LogP contribution in [0, 0.1) is 6.92 Å². The summed E-state index contributed by atoms with van der Waals surface area (Å²) in [7, 11) is 1.58. The van der Waals surface area contributed by atoms with E-state index >= 15 is 0 Å². The van der Waals surface area contributed by atoms with Gasteiger partial charge < -0.3 is 15.0 Å². The molecule has 0 radical (unpaired) electrons. The summed E-state index contributed by atoms with van der Waals surface area (Å²) in [5, 5.41) is 4.31. The molecule has 1 N–H and O–H groups in total. The number of hydrogen-bond acceptors (Lipinski definition) is 4. The van der Waals surface area contributed by atoms with Crippen molar-refractivity contribution in [3.05, 3.63) is 64.3 Å². The fourth-order valence-corrected chi connectivity index (χ4v) is 4.94. The maximum Gasteiger partial charge on any atom is 0.262 e. The Bertz CT molecular complexity index is 1280. The van der Waals surface area contributed by atoms with Gasteiger partial charge in [0.25, 0.3) is 5.91 Å². The molecule has 1 heterocycles. The van der Waals surface area contributed by atoms with E-state index in [9.17, 15) is 14.4 Å². The highest BCUT2D eigenvalue weighted by atomic mass is 35.5. The molecule has 3 aromatic rings. The molecule has 204 valence electrons. The molecule has 0 saturated carbocycles. The lowest BCUT2D eigenvalue weighted by Gasteiger charge is -2.26. The summed E-state index contributed by atoms with van der Waals surface area (Å²) in [5.74, 6) is 0.105. The number of aromatic nitrogens is 1. The Balaban J connectivity index is 1.97. The molecule has 0 fully saturated rings. The van der Waals surface area contributed by atoms with Gasteiger partial charge in [0, 0.05) is 34.8 Å². The van der Waals surface area contributed by atoms with E-state index in [4.69, 9.17) is 16.3 Å². The molecule has 38 heavy (non-hydrogen) atoms. The molecule has 0 saturated heterocycles. The van der Waals surface area contributed by atoms with E-state index in [0.29, 0.717) is 47.1 Å². The summed E-state index contributed by atoms with van der Waals surface area (Å²) in [5.41, 5.74) is 2.56. The first kappa shape index (κ1) is 29.2. The number of fused-ring (bicyclic) bond motifs is 1. The first-order chi connectivity index (χ1) is 18.2. The number of ether oxygens (including phenoxy) is 1. The number of unbranched alkanes of at least 4 members (excludes halogenated alkanes) is 2. The number of benzene rings is 2. The third kappa shape index (κ3) is 6.57. The molecule has 0 aliphatic rings. The van der Waals surface area contributed by atoms with Crippen molar-refractivity contribution in [2.45, 2.75) is 65.8 Å². The molecule has 2 amide bonds. The molecular weight excluding hydrogens is 502 g/mol. The van der Waals surface area contributed by atoms with Gasteiger partial charge in [-0.25, -0.2) is 0 Å². The second-order valence-electron chi connectivity index (χ2n) is 9.40. The largest absolute Gasteiger partial charge is 0.497 e. The van der Waals surface area contributed by atoms with E-state index in [1.807, 2.05) is 32.9 Å². The molecule has 0 spiro atoms. The highest BCUT2D eigenvalue weighted by Gasteiger charge is 2.26. The Morgan fingerprint density at radius 2 is 1.71 bits per heavy atom. The van der Waals surface area contributed by atoms with Gasteiger partial charge in [-0.3, -0.25) is 19.0 Å². The first-order valence-electron chi connectivity index (χ1n) is 13.3. The standard InChI is InChI=1S/C30H38ClN3O4/c1-6-9-10-11-26(30(37)33(7-2)8-3)32-28(35)19-24-20(4)34(27-17-16-23(38-5)18-25(24)27)29(36)21-12-14-22(31)15-13-21/h12-18,26H,6-11,19H2,1-5H3,(H,32,35). The zero-order chi connectivity index (χ0) is 27.8. The number of halogens is 1. The van der Waals surface area contributed by atoms with Crippen LogP contribution in [0.3, 0.4) is 0 Å². The van der Waals surface area contributed by atoms with Gasteiger partial charge in [-0.2, -0.15) is 0 Å². The highest BCUT2D eigenvalue weighted by Crippen LogP contribution is 2.31. The Kier molecular flexibility index (Phi) is 10.4. The molecule has 2 aromatic carbocycles. The van der Waals surface area contributed by atoms with Crippen LogP contribution in [0.2, 0.25) is 5.02 Å². The van der Waals surface area contributed by atoms with Crippen molar-refractivity contribution < 1.29 is 19.1 Å². The molecule has 0 bridgehead atoms. The lowest BCUT2D eigenvalue weighted by Crippen LogP contribution is -2.49. The van der Waals surface area contributed by atoms with Crippen molar-refractivity contribution >= 4 is 40.2 Å². The number of carbonyl (C=O) groups excluding carboxylic acids is 3. The van der Waals surface area contributed by atoms with Crippen molar-refractivity contribution in [2.24, 2.45) is 0 Å². The van der Waals surface area contributed by atoms with Crippen LogP contribution in [-0.2, 0) is 16.0 Å². The summed E-state index contributed by atoms with van der Waals surface area (Å²) >= 11 is 6.02. The van der Waals surface area contributed by atoms with Gasteiger partial charge in [-0.15, -0.1) is 0 Å². The fourth-order valence-electron chi connectivity index (χ4n) is 4.81. The third-order valence-corrected chi connectivity index (χ3v) is 7.23. The average molecular weight is 540 g/mol. The Hall–Kier alpha value is -3.32. The van der Waals surface area contributed by atoms with Crippen molar-refractivity contribution in [1.82, 2.24) is 14.8 Å². The molecule has 8 heteroatoms. The summed E-state index contributed by atoms with van der Waals surface area (Å²) < 4.78 is 7.06. The molecule has 0 aliphatic heterocycles. The molecule has 1 atom stereocenters. The topological polar surface area (TPSA) is 80.6 Å². The molecule has 7 nitrogen and oxygen atoms in total. The number of amides is 2. The monoisotopic (exact) mass is 539 g/mol. The Morgan fingerprint density at radius 3 is 2.32 bits per heavy atom. The van der Waals surface area contributed by atoms with Crippen LogP contribution >= 0.6 is 11.6 Å². The lowest BCUT2D eigenvalue weighted by atomic mass is 10.0. The maximum absolute atomic E-state index is 13.5. The van der Waals surface area contributed by atoms with Crippen LogP contribution < -0.4 is 10.1 Å². The smallest absolute Gasteiger partial charge is 0.262 e. The number of nitrogens with one attached hydrogen (secondary N) is 1. The number of likely N-dealkylation sites (N-methyl/N-ethyl adjacent to an activating group) is 1. The second-order valence-corrected chi connectivity index (χ2v) is 9.83. The summed E-state index contributed by atoms with van der Waals surface area (Å²) in [6, 6.07) is 11.6. The predicted molar refractivity (Wildman–Crippen MR) is 152 cm³/mol. The zero-order valence-corrected chi connectivity index (χ0v) is 23.7. The first-order valence-corrected chi connectivity index (χ1v) is 13.7. The minimum atomic E-state index is -0.576. The molecular formula is C30H38ClN3O4. The summed E-state index contributed by atoms with van der Waals surface area (Å²) in [4.78, 5) is 41.8. The van der Waals surface area contributed by atoms with Gasteiger partial charge >= 0.3 is 0 Å². The maximum atomic E-state index is 13.5. The SMILES string of the molecule is CCCCCC(NC(=O)Cc1c(C)n(C(=O)c2ccc(Cl)cc2)c2ccc(OC)cc12)C(=O)N(CC)CC. The van der Waals surface area contributed by atoms with E-state index in [1.165, 1.54) is 0 Å². The van der Waals surface area contributed by atoms with Gasteiger partial charge in [0.15, 0.2) is 0 Å². The van der Waals surface area contributed by atoms with E-state index in [1.54, 1.807) is 46.9 Å². The minimum absolute atomic E-state index is 0.0339. The van der Waals surface area contributed by atoms with Crippen LogP contribution in [0.25, 0.3) is 10.9 Å². The fraction of sp³-hybridized carbons (Fsp3) is 0.433. The zero-order valence-electron chi connectivity index (χ0n) is 23.0. The van der Waals surface area contributed by atoms with Crippen molar-refractivity contribution in [1.29, 1.82) is 0 Å². The third-order valence-electron chi connectivity index (χ3n) is 6.98. The van der Waals surface area contributed by atoms with Crippen molar-refractivity contribution in [3.8, 4) is 5.75 Å². The number of hydrogen-bond donors (Lipinski definition) is 1. The van der Waals surface area contributed by atoms with Crippen LogP contribution in [0.15, 0.2) is 42.5 Å². The van der Waals surface area contributed by atoms with Crippen LogP contribution in [0.4, 0.5) is 0 Å². The minimum Gasteiger partial charge on any atom is -0.497 e. The average Bonchev–Trinajstić information content (AvgIpc) is 3.18. The molecule has 0 aliphatic carbocycles. The van der Waals surface area contributed by atoms with Crippen molar-refractivity contribution in [3.63, 3.8) is 0 Å². The van der Waals surface area contributed by atoms with Crippen LogP contribution in [-0.4, -0.2) is 53.4 Å². The van der Waals surface area contributed by atoms with Gasteiger partial charge in [-0.1, -0.05) is 37.8 Å². The number of nitrogens with zero attached hydrogens (tertiary/aromatic N) is 2. The Labute approximate surface area is 230 Å². The van der Waals surface area contributed by atoms with E-state index in [-0.39, 0.29) is 24.1 Å². The Morgan fingerprint density at radius 1 is 1.03 bits per heavy atom. The van der Waals surface area contributed by atoms with Crippen LogP contribution in [0.1, 0.15) is 68.1 Å². The normalized spacial score (nSPS) is 11.8. The van der Waals surface area contributed by atoms with Gasteiger partial charge in [0.2, 0.25) is 11.8 Å². The van der Waals surface area contributed by atoms with Gasteiger partial charge in [-0.05, 0) is 75.2 Å². The summed E-state index contributed by atoms with van der Waals surface area (Å²) in [6.45, 7) is 9.01. The van der Waals surface area contributed by atoms with Crippen molar-refractivity contribution in [2.75, 3.05) is 20.2 Å². The molecule has 1 unspecified atom stereocenters. The number of carbonyl (C=O) groups is 3. The van der Waals surface area contributed by atoms with Crippen LogP contribution in [0.5, 0.6) is 5.75 Å². The van der Waals surface area contributed by atoms with E-state index < -0.39 is 6.04 Å². The molecule has 3 rings (SSSR count). The number of rotatable bonds is 12. The number of methoxy groups -OCH3 is 1. The lowest BCUT2D eigenvalue weighted by molar-refractivity contribution is -0.136. The predicted octanol–water partition coefficient (Wildman–Crippen LogP) is 5.78. The highest BCUT2D eigenvalue weighted by molar-refractivity contribution is 6.30. The summed E-state index contributed by atoms with van der Waals surface area (Å²) in [6.07, 6.45) is 3.52. The van der Waals surface area contributed by atoms with Gasteiger partial charge in [0.05, 0.1) is 19.0 Å². The quantitative estimate of drug-likeness (QED) is 0.296.